The Kier molecular flexibility index (Phi) is 7.73. The highest BCUT2D eigenvalue weighted by Gasteiger charge is 2.19. The summed E-state index contributed by atoms with van der Waals surface area (Å²) in [6, 6.07) is 23.9. The fourth-order valence-corrected chi connectivity index (χ4v) is 3.85. The predicted molar refractivity (Wildman–Crippen MR) is 134 cm³/mol. The second kappa shape index (κ2) is 11.3. The van der Waals surface area contributed by atoms with Crippen LogP contribution in [0.3, 0.4) is 0 Å². The normalized spacial score (nSPS) is 15.6. The zero-order chi connectivity index (χ0) is 23.8. The van der Waals surface area contributed by atoms with E-state index in [-0.39, 0.29) is 17.9 Å². The molecule has 0 spiro atoms. The lowest BCUT2D eigenvalue weighted by molar-refractivity contribution is -0.111. The van der Waals surface area contributed by atoms with Gasteiger partial charge in [0.05, 0.1) is 24.5 Å². The van der Waals surface area contributed by atoms with Crippen LogP contribution in [-0.4, -0.2) is 38.2 Å². The fourth-order valence-electron chi connectivity index (χ4n) is 3.85. The van der Waals surface area contributed by atoms with Crippen LogP contribution in [0.25, 0.3) is 11.6 Å². The Bertz CT molecular complexity index is 1150. The summed E-state index contributed by atoms with van der Waals surface area (Å²) in [5, 5.41) is 5.86. The van der Waals surface area contributed by atoms with Gasteiger partial charge in [0.2, 0.25) is 0 Å². The zero-order valence-electron chi connectivity index (χ0n) is 19.1. The largest absolute Gasteiger partial charge is 0.497 e. The van der Waals surface area contributed by atoms with Gasteiger partial charge in [-0.1, -0.05) is 54.6 Å². The molecule has 2 amide bonds. The molecule has 0 bridgehead atoms. The van der Waals surface area contributed by atoms with E-state index in [9.17, 15) is 9.59 Å². The van der Waals surface area contributed by atoms with Crippen LogP contribution < -0.4 is 15.4 Å². The Hall–Kier alpha value is -3.90. The third-order valence-corrected chi connectivity index (χ3v) is 5.69. The molecule has 4 rings (SSSR count). The van der Waals surface area contributed by atoms with Crippen molar-refractivity contribution >= 4 is 29.2 Å². The van der Waals surface area contributed by atoms with Gasteiger partial charge >= 0.3 is 0 Å². The van der Waals surface area contributed by atoms with Crippen molar-refractivity contribution in [1.29, 1.82) is 0 Å². The number of hydrogen-bond donors (Lipinski definition) is 2. The first-order valence-corrected chi connectivity index (χ1v) is 11.4. The molecule has 1 atom stereocenters. The van der Waals surface area contributed by atoms with Crippen LogP contribution in [0.15, 0.2) is 78.9 Å². The van der Waals surface area contributed by atoms with Gasteiger partial charge in [-0.05, 0) is 54.3 Å². The summed E-state index contributed by atoms with van der Waals surface area (Å²) in [5.41, 5.74) is 2.98. The number of benzene rings is 3. The van der Waals surface area contributed by atoms with Crippen molar-refractivity contribution in [2.24, 2.45) is 0 Å². The molecular formula is C28H28N2O4. The Morgan fingerprint density at radius 2 is 1.74 bits per heavy atom. The number of methoxy groups -OCH3 is 1. The third-order valence-electron chi connectivity index (χ3n) is 5.69. The monoisotopic (exact) mass is 456 g/mol. The summed E-state index contributed by atoms with van der Waals surface area (Å²) in [4.78, 5) is 26.3. The van der Waals surface area contributed by atoms with Crippen molar-refractivity contribution in [3.05, 3.63) is 95.6 Å². The molecule has 174 valence electrons. The van der Waals surface area contributed by atoms with Crippen LogP contribution in [0, 0.1) is 0 Å². The molecule has 1 heterocycles. The lowest BCUT2D eigenvalue weighted by Crippen LogP contribution is -2.32. The maximum Gasteiger partial charge on any atom is 0.256 e. The van der Waals surface area contributed by atoms with Crippen molar-refractivity contribution in [2.45, 2.75) is 18.9 Å². The van der Waals surface area contributed by atoms with Gasteiger partial charge in [-0.3, -0.25) is 9.59 Å². The van der Waals surface area contributed by atoms with Crippen LogP contribution in [-0.2, 0) is 9.53 Å². The Morgan fingerprint density at radius 1 is 1.00 bits per heavy atom. The molecule has 3 aromatic carbocycles. The molecular weight excluding hydrogens is 428 g/mol. The van der Waals surface area contributed by atoms with Crippen molar-refractivity contribution in [2.75, 3.05) is 25.6 Å². The number of nitrogens with one attached hydrogen (secondary N) is 2. The molecule has 6 nitrogen and oxygen atoms in total. The highest BCUT2D eigenvalue weighted by molar-refractivity contribution is 6.29. The van der Waals surface area contributed by atoms with Gasteiger partial charge in [-0.2, -0.15) is 0 Å². The van der Waals surface area contributed by atoms with Crippen LogP contribution in [0.5, 0.6) is 5.75 Å². The van der Waals surface area contributed by atoms with Gasteiger partial charge < -0.3 is 20.1 Å². The number of carbonyl (C=O) groups excluding carboxylic acids is 2. The maximum atomic E-state index is 13.4. The summed E-state index contributed by atoms with van der Waals surface area (Å²) in [6.07, 6.45) is 3.82. The standard InChI is InChI=1S/C28H28N2O4/c1-33-22-15-13-20(14-16-22)18-25(21-8-3-2-4-9-21)28(32)30-26-12-6-5-11-24(26)27(31)29-19-23-10-7-17-34-23/h2-6,8-9,11-16,18,23H,7,10,17,19H2,1H3,(H,29,31)(H,30,32)/b25-18+/t23-/m1/s1. The van der Waals surface area contributed by atoms with E-state index in [2.05, 4.69) is 10.6 Å². The van der Waals surface area contributed by atoms with Crippen molar-refractivity contribution in [3.8, 4) is 5.75 Å². The minimum absolute atomic E-state index is 0.0443. The Morgan fingerprint density at radius 3 is 2.44 bits per heavy atom. The summed E-state index contributed by atoms with van der Waals surface area (Å²) in [5.74, 6) is 0.194. The highest BCUT2D eigenvalue weighted by atomic mass is 16.5. The first-order valence-electron chi connectivity index (χ1n) is 11.4. The molecule has 6 heteroatoms. The number of para-hydroxylation sites is 1. The van der Waals surface area contributed by atoms with E-state index in [0.717, 1.165) is 36.3 Å². The molecule has 0 saturated carbocycles. The average molecular weight is 457 g/mol. The summed E-state index contributed by atoms with van der Waals surface area (Å²) in [7, 11) is 1.61. The van der Waals surface area contributed by atoms with Crippen LogP contribution in [0.2, 0.25) is 0 Å². The second-order valence-electron chi connectivity index (χ2n) is 8.04. The molecule has 1 fully saturated rings. The van der Waals surface area contributed by atoms with E-state index in [0.29, 0.717) is 23.4 Å². The van der Waals surface area contributed by atoms with Gasteiger partial charge in [0, 0.05) is 18.7 Å². The van der Waals surface area contributed by atoms with E-state index >= 15 is 0 Å². The fraction of sp³-hybridized carbons (Fsp3) is 0.214. The SMILES string of the molecule is COc1ccc(/C=C(/C(=O)Nc2ccccc2C(=O)NC[C@H]2CCCO2)c2ccccc2)cc1. The van der Waals surface area contributed by atoms with Crippen LogP contribution >= 0.6 is 0 Å². The third kappa shape index (κ3) is 5.91. The summed E-state index contributed by atoms with van der Waals surface area (Å²) < 4.78 is 10.8. The summed E-state index contributed by atoms with van der Waals surface area (Å²) >= 11 is 0. The average Bonchev–Trinajstić information content (AvgIpc) is 3.41. The highest BCUT2D eigenvalue weighted by Crippen LogP contribution is 2.23. The first kappa shape index (κ1) is 23.3. The number of anilines is 1. The van der Waals surface area contributed by atoms with Crippen LogP contribution in [0.1, 0.15) is 34.3 Å². The van der Waals surface area contributed by atoms with Crippen molar-refractivity contribution in [1.82, 2.24) is 5.32 Å². The molecule has 1 aliphatic rings. The van der Waals surface area contributed by atoms with E-state index in [1.54, 1.807) is 31.4 Å². The van der Waals surface area contributed by atoms with E-state index < -0.39 is 0 Å². The smallest absolute Gasteiger partial charge is 0.256 e. The number of rotatable bonds is 8. The molecule has 1 saturated heterocycles. The molecule has 3 aromatic rings. The van der Waals surface area contributed by atoms with Crippen LogP contribution in [0.4, 0.5) is 5.69 Å². The lowest BCUT2D eigenvalue weighted by Gasteiger charge is -2.15. The van der Waals surface area contributed by atoms with Crippen molar-refractivity contribution in [3.63, 3.8) is 0 Å². The van der Waals surface area contributed by atoms with Gasteiger partial charge in [0.15, 0.2) is 0 Å². The van der Waals surface area contributed by atoms with E-state index in [4.69, 9.17) is 9.47 Å². The molecule has 34 heavy (non-hydrogen) atoms. The van der Waals surface area contributed by atoms with Gasteiger partial charge in [0.25, 0.3) is 11.8 Å². The first-order chi connectivity index (χ1) is 16.6. The van der Waals surface area contributed by atoms with E-state index in [1.165, 1.54) is 0 Å². The molecule has 2 N–H and O–H groups in total. The molecule has 1 aliphatic heterocycles. The number of hydrogen-bond acceptors (Lipinski definition) is 4. The molecule has 0 unspecified atom stereocenters. The second-order valence-corrected chi connectivity index (χ2v) is 8.04. The number of ether oxygens (including phenoxy) is 2. The topological polar surface area (TPSA) is 76.7 Å². The number of carbonyl (C=O) groups is 2. The Labute approximate surface area is 199 Å². The van der Waals surface area contributed by atoms with E-state index in [1.807, 2.05) is 60.7 Å². The van der Waals surface area contributed by atoms with Gasteiger partial charge in [-0.25, -0.2) is 0 Å². The Balaban J connectivity index is 1.57. The lowest BCUT2D eigenvalue weighted by atomic mass is 10.0. The minimum Gasteiger partial charge on any atom is -0.497 e. The van der Waals surface area contributed by atoms with Crippen molar-refractivity contribution < 1.29 is 19.1 Å². The van der Waals surface area contributed by atoms with Gasteiger partial charge in [0.1, 0.15) is 5.75 Å². The number of amides is 2. The quantitative estimate of drug-likeness (QED) is 0.378. The molecule has 0 aliphatic carbocycles. The predicted octanol–water partition coefficient (Wildman–Crippen LogP) is 4.78. The maximum absolute atomic E-state index is 13.4. The van der Waals surface area contributed by atoms with Gasteiger partial charge in [-0.15, -0.1) is 0 Å². The summed E-state index contributed by atoms with van der Waals surface area (Å²) in [6.45, 7) is 1.18. The minimum atomic E-state index is -0.304. The zero-order valence-corrected chi connectivity index (χ0v) is 19.1. The molecule has 0 radical (unpaired) electrons. The molecule has 0 aromatic heterocycles.